The van der Waals surface area contributed by atoms with Crippen molar-refractivity contribution in [2.45, 2.75) is 26.8 Å². The number of carbonyl (C=O) groups is 1. The second-order valence-electron chi connectivity index (χ2n) is 8.45. The SMILES string of the molecule is CCN(CC)CCCN(Cc1cc2cc3c(cc2[nH]c1=O)OCCO3)C(=O)Nc1ccc(Cl)cc1. The van der Waals surface area contributed by atoms with Crippen LogP contribution in [0, 0.1) is 0 Å². The Hall–Kier alpha value is -3.23. The number of carbonyl (C=O) groups excluding carboxylic acids is 1. The first-order valence-electron chi connectivity index (χ1n) is 12.0. The number of pyridine rings is 1. The zero-order valence-corrected chi connectivity index (χ0v) is 20.9. The lowest BCUT2D eigenvalue weighted by atomic mass is 10.1. The number of H-pyrrole nitrogens is 1. The predicted octanol–water partition coefficient (Wildman–Crippen LogP) is 4.72. The van der Waals surface area contributed by atoms with Crippen molar-refractivity contribution in [3.63, 3.8) is 0 Å². The van der Waals surface area contributed by atoms with E-state index in [1.54, 1.807) is 35.2 Å². The molecular formula is C26H31ClN4O4. The second kappa shape index (κ2) is 11.5. The number of urea groups is 1. The van der Waals surface area contributed by atoms with E-state index in [0.717, 1.165) is 31.4 Å². The molecule has 0 saturated carbocycles. The minimum atomic E-state index is -0.270. The molecule has 0 atom stereocenters. The number of benzene rings is 2. The quantitative estimate of drug-likeness (QED) is 0.446. The molecule has 9 heteroatoms. The van der Waals surface area contributed by atoms with Crippen molar-refractivity contribution >= 4 is 34.2 Å². The molecule has 0 radical (unpaired) electrons. The summed E-state index contributed by atoms with van der Waals surface area (Å²) < 4.78 is 11.3. The van der Waals surface area contributed by atoms with Crippen LogP contribution in [0.1, 0.15) is 25.8 Å². The number of halogens is 1. The first kappa shape index (κ1) is 24.9. The van der Waals surface area contributed by atoms with Gasteiger partial charge in [0.05, 0.1) is 12.1 Å². The fraction of sp³-hybridized carbons (Fsp3) is 0.385. The highest BCUT2D eigenvalue weighted by Crippen LogP contribution is 2.33. The molecule has 1 aliphatic heterocycles. The van der Waals surface area contributed by atoms with Crippen LogP contribution in [0.15, 0.2) is 47.3 Å². The van der Waals surface area contributed by atoms with Crippen LogP contribution in [-0.4, -0.2) is 60.2 Å². The van der Waals surface area contributed by atoms with Crippen molar-refractivity contribution in [1.82, 2.24) is 14.8 Å². The van der Waals surface area contributed by atoms with Crippen LogP contribution in [0.4, 0.5) is 10.5 Å². The van der Waals surface area contributed by atoms with Crippen LogP contribution < -0.4 is 20.3 Å². The van der Waals surface area contributed by atoms with Crippen molar-refractivity contribution < 1.29 is 14.3 Å². The first-order chi connectivity index (χ1) is 17.0. The number of aromatic nitrogens is 1. The van der Waals surface area contributed by atoms with Gasteiger partial charge in [-0.15, -0.1) is 0 Å². The van der Waals surface area contributed by atoms with Crippen LogP contribution in [-0.2, 0) is 6.54 Å². The van der Waals surface area contributed by atoms with Crippen LogP contribution in [0.25, 0.3) is 10.9 Å². The standard InChI is InChI=1S/C26H31ClN4O4/c1-3-30(4-2)10-5-11-31(26(33)28-21-8-6-20(27)7-9-21)17-19-14-18-15-23-24(35-13-12-34-23)16-22(18)29-25(19)32/h6-9,14-16H,3-5,10-13,17H2,1-2H3,(H,28,33)(H,29,32). The van der Waals surface area contributed by atoms with E-state index >= 15 is 0 Å². The van der Waals surface area contributed by atoms with E-state index < -0.39 is 0 Å². The van der Waals surface area contributed by atoms with Crippen LogP contribution in [0.2, 0.25) is 5.02 Å². The first-order valence-corrected chi connectivity index (χ1v) is 12.3. The Morgan fingerprint density at radius 1 is 1.03 bits per heavy atom. The zero-order valence-electron chi connectivity index (χ0n) is 20.1. The van der Waals surface area contributed by atoms with E-state index in [1.807, 2.05) is 12.1 Å². The molecule has 8 nitrogen and oxygen atoms in total. The highest BCUT2D eigenvalue weighted by atomic mass is 35.5. The summed E-state index contributed by atoms with van der Waals surface area (Å²) in [7, 11) is 0. The van der Waals surface area contributed by atoms with Crippen molar-refractivity contribution in [2.24, 2.45) is 0 Å². The van der Waals surface area contributed by atoms with Gasteiger partial charge in [0.25, 0.3) is 5.56 Å². The molecule has 2 aromatic carbocycles. The third-order valence-electron chi connectivity index (χ3n) is 6.12. The zero-order chi connectivity index (χ0) is 24.8. The maximum absolute atomic E-state index is 13.2. The van der Waals surface area contributed by atoms with E-state index in [-0.39, 0.29) is 18.1 Å². The normalized spacial score (nSPS) is 12.7. The lowest BCUT2D eigenvalue weighted by Crippen LogP contribution is -2.38. The van der Waals surface area contributed by atoms with Crippen molar-refractivity contribution in [3.05, 3.63) is 63.4 Å². The number of nitrogens with one attached hydrogen (secondary N) is 2. The van der Waals surface area contributed by atoms with Gasteiger partial charge in [0, 0.05) is 34.3 Å². The molecule has 2 N–H and O–H groups in total. The van der Waals surface area contributed by atoms with E-state index in [0.29, 0.717) is 53.0 Å². The molecule has 0 fully saturated rings. The topological polar surface area (TPSA) is 86.9 Å². The van der Waals surface area contributed by atoms with E-state index in [4.69, 9.17) is 21.1 Å². The summed E-state index contributed by atoms with van der Waals surface area (Å²) >= 11 is 5.97. The van der Waals surface area contributed by atoms with Gasteiger partial charge >= 0.3 is 6.03 Å². The molecule has 1 aliphatic rings. The van der Waals surface area contributed by atoms with Gasteiger partial charge in [0.2, 0.25) is 0 Å². The fourth-order valence-corrected chi connectivity index (χ4v) is 4.25. The van der Waals surface area contributed by atoms with Gasteiger partial charge in [-0.3, -0.25) is 4.79 Å². The Labute approximate surface area is 209 Å². The Morgan fingerprint density at radius 3 is 2.40 bits per heavy atom. The molecule has 0 bridgehead atoms. The summed E-state index contributed by atoms with van der Waals surface area (Å²) in [5.41, 5.74) is 1.58. The van der Waals surface area contributed by atoms with Crippen molar-refractivity contribution in [1.29, 1.82) is 0 Å². The molecule has 1 aromatic heterocycles. The van der Waals surface area contributed by atoms with Gasteiger partial charge in [0.1, 0.15) is 13.2 Å². The lowest BCUT2D eigenvalue weighted by molar-refractivity contribution is 0.172. The number of fused-ring (bicyclic) bond motifs is 2. The number of ether oxygens (including phenoxy) is 2. The third kappa shape index (κ3) is 6.26. The number of rotatable bonds is 9. The molecule has 3 aromatic rings. The molecular weight excluding hydrogens is 468 g/mol. The smallest absolute Gasteiger partial charge is 0.322 e. The molecule has 4 rings (SSSR count). The van der Waals surface area contributed by atoms with E-state index in [9.17, 15) is 9.59 Å². The Balaban J connectivity index is 1.56. The fourth-order valence-electron chi connectivity index (χ4n) is 4.12. The summed E-state index contributed by atoms with van der Waals surface area (Å²) in [6.45, 7) is 8.67. The molecule has 0 spiro atoms. The molecule has 0 unspecified atom stereocenters. The number of hydrogen-bond donors (Lipinski definition) is 2. The maximum Gasteiger partial charge on any atom is 0.322 e. The summed E-state index contributed by atoms with van der Waals surface area (Å²) in [6.07, 6.45) is 0.792. The van der Waals surface area contributed by atoms with Gasteiger partial charge in [-0.2, -0.15) is 0 Å². The maximum atomic E-state index is 13.2. The molecule has 186 valence electrons. The number of amides is 2. The largest absolute Gasteiger partial charge is 0.486 e. The average Bonchev–Trinajstić information content (AvgIpc) is 2.86. The lowest BCUT2D eigenvalue weighted by Gasteiger charge is -2.25. The van der Waals surface area contributed by atoms with Crippen LogP contribution >= 0.6 is 11.6 Å². The number of anilines is 1. The number of aromatic amines is 1. The summed E-state index contributed by atoms with van der Waals surface area (Å²) in [5.74, 6) is 1.27. The molecule has 35 heavy (non-hydrogen) atoms. The monoisotopic (exact) mass is 498 g/mol. The molecule has 2 heterocycles. The van der Waals surface area contributed by atoms with Crippen molar-refractivity contribution in [2.75, 3.05) is 44.7 Å². The van der Waals surface area contributed by atoms with Gasteiger partial charge < -0.3 is 29.6 Å². The van der Waals surface area contributed by atoms with Crippen molar-refractivity contribution in [3.8, 4) is 11.5 Å². The number of hydrogen-bond acceptors (Lipinski definition) is 5. The Kier molecular flexibility index (Phi) is 8.15. The van der Waals surface area contributed by atoms with Gasteiger partial charge in [-0.1, -0.05) is 25.4 Å². The number of nitrogens with zero attached hydrogens (tertiary/aromatic N) is 2. The van der Waals surface area contributed by atoms with Crippen LogP contribution in [0.5, 0.6) is 11.5 Å². The third-order valence-corrected chi connectivity index (χ3v) is 6.38. The molecule has 0 aliphatic carbocycles. The van der Waals surface area contributed by atoms with Crippen LogP contribution in [0.3, 0.4) is 0 Å². The molecule has 2 amide bonds. The summed E-state index contributed by atoms with van der Waals surface area (Å²) in [4.78, 5) is 33.0. The Bertz CT molecular complexity index is 1220. The average molecular weight is 499 g/mol. The second-order valence-corrected chi connectivity index (χ2v) is 8.88. The van der Waals surface area contributed by atoms with E-state index in [2.05, 4.69) is 29.0 Å². The summed E-state index contributed by atoms with van der Waals surface area (Å²) in [5, 5.41) is 4.34. The predicted molar refractivity (Wildman–Crippen MR) is 139 cm³/mol. The van der Waals surface area contributed by atoms with Gasteiger partial charge in [-0.05, 0) is 62.5 Å². The van der Waals surface area contributed by atoms with Gasteiger partial charge in [-0.25, -0.2) is 4.79 Å². The molecule has 0 saturated heterocycles. The minimum absolute atomic E-state index is 0.178. The Morgan fingerprint density at radius 2 is 1.71 bits per heavy atom. The minimum Gasteiger partial charge on any atom is -0.486 e. The summed E-state index contributed by atoms with van der Waals surface area (Å²) in [6, 6.07) is 12.1. The highest BCUT2D eigenvalue weighted by molar-refractivity contribution is 6.30. The van der Waals surface area contributed by atoms with E-state index in [1.165, 1.54) is 0 Å². The van der Waals surface area contributed by atoms with Gasteiger partial charge in [0.15, 0.2) is 11.5 Å². The highest BCUT2D eigenvalue weighted by Gasteiger charge is 2.18.